The van der Waals surface area contributed by atoms with E-state index in [1.807, 2.05) is 35.3 Å². The Balaban J connectivity index is 1.46. The van der Waals surface area contributed by atoms with E-state index in [1.165, 1.54) is 44.2 Å². The Kier molecular flexibility index (Phi) is 5.74. The predicted octanol–water partition coefficient (Wildman–Crippen LogP) is 4.93. The van der Waals surface area contributed by atoms with Gasteiger partial charge in [0.05, 0.1) is 0 Å². The van der Waals surface area contributed by atoms with Gasteiger partial charge in [0.25, 0.3) is 0 Å². The fraction of sp³-hybridized carbons (Fsp3) is 0.526. The first-order chi connectivity index (χ1) is 11.2. The van der Waals surface area contributed by atoms with Crippen LogP contribution in [0.3, 0.4) is 0 Å². The van der Waals surface area contributed by atoms with Gasteiger partial charge in [0, 0.05) is 36.0 Å². The third-order valence-corrected chi connectivity index (χ3v) is 4.98. The highest BCUT2D eigenvalue weighted by atomic mass is 35.5. The molecule has 23 heavy (non-hydrogen) atoms. The molecule has 1 aliphatic carbocycles. The number of unbranched alkanes of at least 4 members (excludes halogenated alkanes) is 2. The molecule has 0 N–H and O–H groups in total. The van der Waals surface area contributed by atoms with E-state index in [2.05, 4.69) is 29.1 Å². The molecule has 1 aromatic heterocycles. The lowest BCUT2D eigenvalue weighted by molar-refractivity contribution is 0.195. The van der Waals surface area contributed by atoms with Gasteiger partial charge in [0.15, 0.2) is 0 Å². The van der Waals surface area contributed by atoms with Crippen LogP contribution in [0.15, 0.2) is 42.7 Å². The molecular formula is C19H26ClN3. The summed E-state index contributed by atoms with van der Waals surface area (Å²) in [4.78, 5) is 2.68. The van der Waals surface area contributed by atoms with Crippen molar-refractivity contribution in [2.75, 3.05) is 6.54 Å². The Labute approximate surface area is 144 Å². The molecule has 0 amide bonds. The van der Waals surface area contributed by atoms with Gasteiger partial charge in [-0.05, 0) is 62.9 Å². The van der Waals surface area contributed by atoms with Crippen LogP contribution < -0.4 is 0 Å². The second-order valence-corrected chi connectivity index (χ2v) is 6.96. The molecule has 2 aromatic rings. The third kappa shape index (κ3) is 4.82. The van der Waals surface area contributed by atoms with Crippen LogP contribution in [-0.2, 0) is 6.54 Å². The minimum absolute atomic E-state index is 0.478. The van der Waals surface area contributed by atoms with E-state index in [-0.39, 0.29) is 0 Å². The maximum Gasteiger partial charge on any atom is 0.0489 e. The average molecular weight is 332 g/mol. The predicted molar refractivity (Wildman–Crippen MR) is 95.7 cm³/mol. The van der Waals surface area contributed by atoms with Crippen LogP contribution in [0.5, 0.6) is 0 Å². The van der Waals surface area contributed by atoms with Gasteiger partial charge in [-0.2, -0.15) is 5.10 Å². The number of rotatable bonds is 9. The summed E-state index contributed by atoms with van der Waals surface area (Å²) in [5.74, 6) is 0. The molecule has 0 radical (unpaired) electrons. The van der Waals surface area contributed by atoms with E-state index in [9.17, 15) is 0 Å². The zero-order chi connectivity index (χ0) is 16.1. The lowest BCUT2D eigenvalue weighted by Crippen LogP contribution is -2.30. The van der Waals surface area contributed by atoms with Gasteiger partial charge in [-0.1, -0.05) is 30.2 Å². The summed E-state index contributed by atoms with van der Waals surface area (Å²) >= 11 is 6.01. The van der Waals surface area contributed by atoms with Crippen LogP contribution in [0.2, 0.25) is 5.02 Å². The topological polar surface area (TPSA) is 21.1 Å². The van der Waals surface area contributed by atoms with Crippen molar-refractivity contribution in [3.63, 3.8) is 0 Å². The molecule has 3 rings (SSSR count). The maximum absolute atomic E-state index is 6.01. The van der Waals surface area contributed by atoms with Crippen molar-refractivity contribution in [1.82, 2.24) is 14.7 Å². The van der Waals surface area contributed by atoms with Crippen LogP contribution in [0.1, 0.15) is 50.6 Å². The number of aryl methyl sites for hydroxylation is 1. The highest BCUT2D eigenvalue weighted by Crippen LogP contribution is 2.34. The van der Waals surface area contributed by atoms with Crippen molar-refractivity contribution in [1.29, 1.82) is 0 Å². The molecule has 0 bridgehead atoms. The number of nitrogens with zero attached hydrogens (tertiary/aromatic N) is 3. The molecule has 124 valence electrons. The van der Waals surface area contributed by atoms with Crippen LogP contribution >= 0.6 is 11.6 Å². The first-order valence-corrected chi connectivity index (χ1v) is 9.10. The van der Waals surface area contributed by atoms with Gasteiger partial charge in [0.1, 0.15) is 0 Å². The molecule has 1 fully saturated rings. The number of hydrogen-bond donors (Lipinski definition) is 0. The normalized spacial score (nSPS) is 16.0. The van der Waals surface area contributed by atoms with Crippen molar-refractivity contribution in [2.45, 2.75) is 57.7 Å². The highest BCUT2D eigenvalue weighted by molar-refractivity contribution is 6.30. The van der Waals surface area contributed by atoms with Crippen molar-refractivity contribution in [3.05, 3.63) is 53.3 Å². The Morgan fingerprint density at radius 1 is 1.22 bits per heavy atom. The van der Waals surface area contributed by atoms with Crippen molar-refractivity contribution in [3.8, 4) is 0 Å². The standard InChI is InChI=1S/C19H26ClN3/c1-16(17-6-8-18(20)9-7-17)23(19-10-11-19)15-4-2-3-13-22-14-5-12-21-22/h5-9,12,14,16,19H,2-4,10-11,13,15H2,1H3. The summed E-state index contributed by atoms with van der Waals surface area (Å²) in [6.45, 7) is 4.54. The number of hydrogen-bond acceptors (Lipinski definition) is 2. The molecule has 0 aliphatic heterocycles. The van der Waals surface area contributed by atoms with Crippen LogP contribution in [0.4, 0.5) is 0 Å². The zero-order valence-corrected chi connectivity index (χ0v) is 14.6. The van der Waals surface area contributed by atoms with Crippen LogP contribution in [0, 0.1) is 0 Å². The molecule has 1 atom stereocenters. The lowest BCUT2D eigenvalue weighted by atomic mass is 10.1. The van der Waals surface area contributed by atoms with Crippen molar-refractivity contribution < 1.29 is 0 Å². The summed E-state index contributed by atoms with van der Waals surface area (Å²) in [6.07, 6.45) is 10.3. The Hall–Kier alpha value is -1.32. The Morgan fingerprint density at radius 3 is 2.65 bits per heavy atom. The van der Waals surface area contributed by atoms with Crippen LogP contribution in [0.25, 0.3) is 0 Å². The van der Waals surface area contributed by atoms with Gasteiger partial charge in [-0.15, -0.1) is 0 Å². The van der Waals surface area contributed by atoms with E-state index < -0.39 is 0 Å². The van der Waals surface area contributed by atoms with E-state index >= 15 is 0 Å². The Bertz CT molecular complexity index is 575. The summed E-state index contributed by atoms with van der Waals surface area (Å²) in [6, 6.07) is 11.6. The van der Waals surface area contributed by atoms with Crippen LogP contribution in [-0.4, -0.2) is 27.3 Å². The molecule has 3 nitrogen and oxygen atoms in total. The number of halogens is 1. The summed E-state index contributed by atoms with van der Waals surface area (Å²) in [5, 5.41) is 5.07. The minimum atomic E-state index is 0.478. The SMILES string of the molecule is CC(c1ccc(Cl)cc1)N(CCCCCn1cccn1)C1CC1. The average Bonchev–Trinajstić information content (AvgIpc) is 3.26. The van der Waals surface area contributed by atoms with Gasteiger partial charge in [0.2, 0.25) is 0 Å². The monoisotopic (exact) mass is 331 g/mol. The number of aromatic nitrogens is 2. The lowest BCUT2D eigenvalue weighted by Gasteiger charge is -2.29. The highest BCUT2D eigenvalue weighted by Gasteiger charge is 2.32. The minimum Gasteiger partial charge on any atom is -0.294 e. The zero-order valence-electron chi connectivity index (χ0n) is 13.9. The maximum atomic E-state index is 6.01. The smallest absolute Gasteiger partial charge is 0.0489 e. The summed E-state index contributed by atoms with van der Waals surface area (Å²) in [5.41, 5.74) is 1.37. The second-order valence-electron chi connectivity index (χ2n) is 6.53. The second kappa shape index (κ2) is 7.98. The van der Waals surface area contributed by atoms with Gasteiger partial charge in [-0.3, -0.25) is 9.58 Å². The van der Waals surface area contributed by atoms with E-state index in [4.69, 9.17) is 11.6 Å². The molecule has 1 unspecified atom stereocenters. The molecule has 1 heterocycles. The quantitative estimate of drug-likeness (QED) is 0.607. The Morgan fingerprint density at radius 2 is 2.00 bits per heavy atom. The molecule has 0 spiro atoms. The molecular weight excluding hydrogens is 306 g/mol. The molecule has 1 aromatic carbocycles. The molecule has 4 heteroatoms. The third-order valence-electron chi connectivity index (χ3n) is 4.73. The number of benzene rings is 1. The summed E-state index contributed by atoms with van der Waals surface area (Å²) in [7, 11) is 0. The first kappa shape index (κ1) is 16.5. The van der Waals surface area contributed by atoms with Gasteiger partial charge in [-0.25, -0.2) is 0 Å². The van der Waals surface area contributed by atoms with Gasteiger partial charge >= 0.3 is 0 Å². The molecule has 1 aliphatic rings. The first-order valence-electron chi connectivity index (χ1n) is 8.72. The van der Waals surface area contributed by atoms with E-state index in [0.717, 1.165) is 17.6 Å². The fourth-order valence-corrected chi connectivity index (χ4v) is 3.34. The largest absolute Gasteiger partial charge is 0.294 e. The fourth-order valence-electron chi connectivity index (χ4n) is 3.21. The van der Waals surface area contributed by atoms with Crippen molar-refractivity contribution >= 4 is 11.6 Å². The molecule has 0 saturated heterocycles. The summed E-state index contributed by atoms with van der Waals surface area (Å²) < 4.78 is 2.02. The van der Waals surface area contributed by atoms with Gasteiger partial charge < -0.3 is 0 Å². The van der Waals surface area contributed by atoms with Crippen molar-refractivity contribution in [2.24, 2.45) is 0 Å². The van der Waals surface area contributed by atoms with E-state index in [1.54, 1.807) is 0 Å². The molecule has 1 saturated carbocycles. The van der Waals surface area contributed by atoms with E-state index in [0.29, 0.717) is 6.04 Å².